The Morgan fingerprint density at radius 3 is 2.55 bits per heavy atom. The van der Waals surface area contributed by atoms with Crippen LogP contribution in [-0.2, 0) is 0 Å². The molecule has 3 N–H and O–H groups in total. The molecule has 0 fully saturated rings. The fourth-order valence-electron chi connectivity index (χ4n) is 0.607. The van der Waals surface area contributed by atoms with Gasteiger partial charge < -0.3 is 15.3 Å². The molecule has 5 heteroatoms. The second-order valence-corrected chi connectivity index (χ2v) is 1.87. The smallest absolute Gasteiger partial charge is 0.358 e. The van der Waals surface area contributed by atoms with Crippen molar-refractivity contribution in [2.75, 3.05) is 0 Å². The molecule has 0 aromatic carbocycles. The van der Waals surface area contributed by atoms with Crippen LogP contribution >= 0.6 is 0 Å². The molecule has 0 radical (unpaired) electrons. The lowest BCUT2D eigenvalue weighted by molar-refractivity contribution is 0.0687. The summed E-state index contributed by atoms with van der Waals surface area (Å²) in [6.45, 7) is 0. The number of pyridine rings is 1. The van der Waals surface area contributed by atoms with Gasteiger partial charge in [-0.05, 0) is 0 Å². The molecule has 1 heterocycles. The van der Waals surface area contributed by atoms with Gasteiger partial charge in [0, 0.05) is 6.07 Å². The number of carboxylic acids is 1. The quantitative estimate of drug-likeness (QED) is 0.538. The van der Waals surface area contributed by atoms with Crippen LogP contribution in [-0.4, -0.2) is 26.3 Å². The SMILES string of the molecule is O=C(O)c1ncc(O)cc1O. The minimum absolute atomic E-state index is 0.271. The minimum Gasteiger partial charge on any atom is -0.506 e. The summed E-state index contributed by atoms with van der Waals surface area (Å²) >= 11 is 0. The third-order valence-corrected chi connectivity index (χ3v) is 1.06. The highest BCUT2D eigenvalue weighted by molar-refractivity contribution is 5.88. The largest absolute Gasteiger partial charge is 0.506 e. The van der Waals surface area contributed by atoms with Gasteiger partial charge in [0.1, 0.15) is 5.75 Å². The van der Waals surface area contributed by atoms with Gasteiger partial charge in [-0.1, -0.05) is 0 Å². The third kappa shape index (κ3) is 1.37. The molecule has 1 aromatic heterocycles. The lowest BCUT2D eigenvalue weighted by Gasteiger charge is -1.96. The molecule has 1 aromatic rings. The lowest BCUT2D eigenvalue weighted by atomic mass is 10.3. The van der Waals surface area contributed by atoms with Gasteiger partial charge in [-0.25, -0.2) is 9.78 Å². The van der Waals surface area contributed by atoms with Crippen molar-refractivity contribution in [1.29, 1.82) is 0 Å². The first-order chi connectivity index (χ1) is 5.11. The number of rotatable bonds is 1. The van der Waals surface area contributed by atoms with Crippen LogP contribution in [0.4, 0.5) is 0 Å². The van der Waals surface area contributed by atoms with Crippen molar-refractivity contribution in [2.24, 2.45) is 0 Å². The number of hydrogen-bond acceptors (Lipinski definition) is 4. The van der Waals surface area contributed by atoms with E-state index in [4.69, 9.17) is 15.3 Å². The predicted octanol–water partition coefficient (Wildman–Crippen LogP) is 0.191. The molecule has 58 valence electrons. The summed E-state index contributed by atoms with van der Waals surface area (Å²) in [7, 11) is 0. The minimum atomic E-state index is -1.33. The van der Waals surface area contributed by atoms with Crippen LogP contribution < -0.4 is 0 Å². The van der Waals surface area contributed by atoms with E-state index in [1.165, 1.54) is 0 Å². The molecule has 0 amide bonds. The van der Waals surface area contributed by atoms with E-state index in [1.54, 1.807) is 0 Å². The Labute approximate surface area is 61.6 Å². The molecule has 0 aliphatic rings. The Bertz CT molecular complexity index is 297. The van der Waals surface area contributed by atoms with Crippen molar-refractivity contribution in [3.8, 4) is 11.5 Å². The number of aromatic carboxylic acids is 1. The van der Waals surface area contributed by atoms with Crippen LogP contribution in [0.5, 0.6) is 11.5 Å². The maximum atomic E-state index is 10.2. The van der Waals surface area contributed by atoms with Gasteiger partial charge in [-0.3, -0.25) is 0 Å². The average Bonchev–Trinajstić information content (AvgIpc) is 1.85. The van der Waals surface area contributed by atoms with Gasteiger partial charge in [-0.15, -0.1) is 0 Å². The van der Waals surface area contributed by atoms with Crippen LogP contribution in [0, 0.1) is 0 Å². The van der Waals surface area contributed by atoms with Gasteiger partial charge in [0.15, 0.2) is 11.4 Å². The Balaban J connectivity index is 3.20. The van der Waals surface area contributed by atoms with Crippen molar-refractivity contribution in [3.63, 3.8) is 0 Å². The van der Waals surface area contributed by atoms with E-state index >= 15 is 0 Å². The zero-order chi connectivity index (χ0) is 8.43. The number of aromatic nitrogens is 1. The van der Waals surface area contributed by atoms with Crippen molar-refractivity contribution >= 4 is 5.97 Å². The van der Waals surface area contributed by atoms with Gasteiger partial charge >= 0.3 is 5.97 Å². The molecule has 0 bridgehead atoms. The fraction of sp³-hybridized carbons (Fsp3) is 0. The topological polar surface area (TPSA) is 90.7 Å². The van der Waals surface area contributed by atoms with Gasteiger partial charge in [-0.2, -0.15) is 0 Å². The first kappa shape index (κ1) is 7.33. The second-order valence-electron chi connectivity index (χ2n) is 1.87. The van der Waals surface area contributed by atoms with E-state index in [0.717, 1.165) is 12.3 Å². The first-order valence-electron chi connectivity index (χ1n) is 2.72. The second kappa shape index (κ2) is 2.45. The van der Waals surface area contributed by atoms with Crippen LogP contribution in [0.2, 0.25) is 0 Å². The molecule has 0 unspecified atom stereocenters. The van der Waals surface area contributed by atoms with E-state index < -0.39 is 17.4 Å². The number of carbonyl (C=O) groups is 1. The summed E-state index contributed by atoms with van der Waals surface area (Å²) in [6.07, 6.45) is 0.948. The zero-order valence-electron chi connectivity index (χ0n) is 5.35. The zero-order valence-corrected chi connectivity index (χ0v) is 5.35. The molecule has 0 aliphatic heterocycles. The summed E-state index contributed by atoms with van der Waals surface area (Å²) in [5, 5.41) is 25.9. The van der Waals surface area contributed by atoms with Gasteiger partial charge in [0.25, 0.3) is 0 Å². The van der Waals surface area contributed by atoms with Crippen molar-refractivity contribution in [2.45, 2.75) is 0 Å². The molecule has 0 atom stereocenters. The number of hydrogen-bond donors (Lipinski definition) is 3. The monoisotopic (exact) mass is 155 g/mol. The van der Waals surface area contributed by atoms with E-state index in [1.807, 2.05) is 0 Å². The van der Waals surface area contributed by atoms with Crippen molar-refractivity contribution in [3.05, 3.63) is 18.0 Å². The molecule has 0 saturated carbocycles. The van der Waals surface area contributed by atoms with Crippen LogP contribution in [0.25, 0.3) is 0 Å². The molecular formula is C6H5NO4. The molecule has 1 rings (SSSR count). The fourth-order valence-corrected chi connectivity index (χ4v) is 0.607. The Kier molecular flexibility index (Phi) is 1.63. The molecule has 0 spiro atoms. The highest BCUT2D eigenvalue weighted by Gasteiger charge is 2.10. The standard InChI is InChI=1S/C6H5NO4/c8-3-1-4(9)5(6(10)11)7-2-3/h1-2,8-9H,(H,10,11). The van der Waals surface area contributed by atoms with Gasteiger partial charge in [0.05, 0.1) is 6.20 Å². The first-order valence-corrected chi connectivity index (χ1v) is 2.72. The molecule has 5 nitrogen and oxygen atoms in total. The van der Waals surface area contributed by atoms with Crippen molar-refractivity contribution in [1.82, 2.24) is 4.98 Å². The van der Waals surface area contributed by atoms with E-state index in [2.05, 4.69) is 4.98 Å². The summed E-state index contributed by atoms with van der Waals surface area (Å²) in [5.74, 6) is -2.15. The average molecular weight is 155 g/mol. The van der Waals surface area contributed by atoms with E-state index in [9.17, 15) is 4.79 Å². The maximum absolute atomic E-state index is 10.2. The van der Waals surface area contributed by atoms with Crippen LogP contribution in [0.1, 0.15) is 10.5 Å². The Morgan fingerprint density at radius 2 is 2.09 bits per heavy atom. The summed E-state index contributed by atoms with van der Waals surface area (Å²) in [5.41, 5.74) is -0.470. The molecule has 0 saturated heterocycles. The highest BCUT2D eigenvalue weighted by Crippen LogP contribution is 2.19. The maximum Gasteiger partial charge on any atom is 0.358 e. The molecule has 0 aliphatic carbocycles. The van der Waals surface area contributed by atoms with Crippen LogP contribution in [0.15, 0.2) is 12.3 Å². The number of aromatic hydroxyl groups is 2. The van der Waals surface area contributed by atoms with Crippen molar-refractivity contribution < 1.29 is 20.1 Å². The molecule has 11 heavy (non-hydrogen) atoms. The van der Waals surface area contributed by atoms with E-state index in [-0.39, 0.29) is 5.75 Å². The summed E-state index contributed by atoms with van der Waals surface area (Å²) < 4.78 is 0. The Morgan fingerprint density at radius 1 is 1.45 bits per heavy atom. The number of carboxylic acid groups (broad SMARTS) is 1. The highest BCUT2D eigenvalue weighted by atomic mass is 16.4. The van der Waals surface area contributed by atoms with Crippen LogP contribution in [0.3, 0.4) is 0 Å². The van der Waals surface area contributed by atoms with Gasteiger partial charge in [0.2, 0.25) is 0 Å². The normalized spacial score (nSPS) is 9.45. The van der Waals surface area contributed by atoms with E-state index in [0.29, 0.717) is 0 Å². The lowest BCUT2D eigenvalue weighted by Crippen LogP contribution is -1.99. The predicted molar refractivity (Wildman–Crippen MR) is 34.5 cm³/mol. The third-order valence-electron chi connectivity index (χ3n) is 1.06. The Hall–Kier alpha value is -1.78. The summed E-state index contributed by atoms with van der Waals surface area (Å²) in [4.78, 5) is 13.5. The summed E-state index contributed by atoms with van der Waals surface area (Å²) in [6, 6.07) is 0.913. The number of nitrogens with zero attached hydrogens (tertiary/aromatic N) is 1. The molecular weight excluding hydrogens is 150 g/mol.